The van der Waals surface area contributed by atoms with Crippen LogP contribution in [0.25, 0.3) is 0 Å². The van der Waals surface area contributed by atoms with Gasteiger partial charge in [0.25, 0.3) is 0 Å². The first-order valence-electron chi connectivity index (χ1n) is 11.0. The Bertz CT molecular complexity index is 1340. The van der Waals surface area contributed by atoms with Gasteiger partial charge in [-0.05, 0) is 55.0 Å². The summed E-state index contributed by atoms with van der Waals surface area (Å²) in [7, 11) is -3.79. The molecule has 4 rings (SSSR count). The number of rotatable bonds is 8. The van der Waals surface area contributed by atoms with Crippen LogP contribution in [-0.4, -0.2) is 39.4 Å². The smallest absolute Gasteiger partial charge is 0.247 e. The Balaban J connectivity index is 1.48. The van der Waals surface area contributed by atoms with Crippen molar-refractivity contribution in [2.75, 3.05) is 28.7 Å². The van der Waals surface area contributed by atoms with E-state index in [-0.39, 0.29) is 29.7 Å². The average Bonchev–Trinajstić information content (AvgIpc) is 2.82. The molecule has 3 aromatic rings. The summed E-state index contributed by atoms with van der Waals surface area (Å²) in [6.07, 6.45) is -0.0441. The quantitative estimate of drug-likeness (QED) is 0.441. The van der Waals surface area contributed by atoms with Gasteiger partial charge in [-0.1, -0.05) is 30.3 Å². The van der Waals surface area contributed by atoms with E-state index in [0.29, 0.717) is 23.7 Å². The van der Waals surface area contributed by atoms with Crippen molar-refractivity contribution >= 4 is 38.9 Å². The van der Waals surface area contributed by atoms with E-state index in [0.717, 1.165) is 11.3 Å². The zero-order chi connectivity index (χ0) is 25.0. The summed E-state index contributed by atoms with van der Waals surface area (Å²) in [5.74, 6) is -0.0922. The molecule has 0 spiro atoms. The minimum absolute atomic E-state index is 0.00814. The molecule has 0 aliphatic carbocycles. The van der Waals surface area contributed by atoms with Crippen LogP contribution in [0.3, 0.4) is 0 Å². The molecular weight excluding hydrogens is 468 g/mol. The lowest BCUT2D eigenvalue weighted by Crippen LogP contribution is -2.51. The van der Waals surface area contributed by atoms with Crippen LogP contribution in [0.4, 0.5) is 17.1 Å². The second-order valence-corrected chi connectivity index (χ2v) is 9.71. The summed E-state index contributed by atoms with van der Waals surface area (Å²) in [6, 6.07) is 19.8. The molecule has 9 nitrogen and oxygen atoms in total. The standard InChI is InChI=1S/C25H26N4O5S/c1-17-6-2-3-7-20(17)27-24(30)16-23-25(31)28-21-8-4-5-9-22(21)29(23)14-15-34-18-10-12-19(13-11-18)35(26,32)33/h2-13,23H,14-16H2,1H3,(H,27,30)(H,28,31)(H2,26,32,33)/t23-/m0/s1. The number of hydrogen-bond donors (Lipinski definition) is 3. The van der Waals surface area contributed by atoms with Gasteiger partial charge in [0, 0.05) is 5.69 Å². The van der Waals surface area contributed by atoms with Crippen LogP contribution in [0, 0.1) is 6.92 Å². The number of aryl methyl sites for hydroxylation is 1. The molecule has 0 radical (unpaired) electrons. The summed E-state index contributed by atoms with van der Waals surface area (Å²) in [6.45, 7) is 2.42. The maximum atomic E-state index is 12.9. The Morgan fingerprint density at radius 2 is 1.74 bits per heavy atom. The first kappa shape index (κ1) is 24.2. The largest absolute Gasteiger partial charge is 0.492 e. The Morgan fingerprint density at radius 1 is 1.06 bits per heavy atom. The number of hydrogen-bond acceptors (Lipinski definition) is 6. The number of sulfonamides is 1. The lowest BCUT2D eigenvalue weighted by molar-refractivity contribution is -0.122. The van der Waals surface area contributed by atoms with Crippen LogP contribution in [0.2, 0.25) is 0 Å². The molecule has 3 aromatic carbocycles. The Hall–Kier alpha value is -3.89. The zero-order valence-corrected chi connectivity index (χ0v) is 19.9. The van der Waals surface area contributed by atoms with Crippen molar-refractivity contribution < 1.29 is 22.7 Å². The third-order valence-corrected chi connectivity index (χ3v) is 6.63. The number of ether oxygens (including phenoxy) is 1. The summed E-state index contributed by atoms with van der Waals surface area (Å²) in [4.78, 5) is 27.6. The van der Waals surface area contributed by atoms with Crippen molar-refractivity contribution in [2.24, 2.45) is 5.14 Å². The number of benzene rings is 3. The fraction of sp³-hybridized carbons (Fsp3) is 0.200. The summed E-state index contributed by atoms with van der Waals surface area (Å²) in [5, 5.41) is 10.9. The van der Waals surface area contributed by atoms with Gasteiger partial charge in [0.2, 0.25) is 21.8 Å². The van der Waals surface area contributed by atoms with Gasteiger partial charge >= 0.3 is 0 Å². The van der Waals surface area contributed by atoms with Crippen LogP contribution in [0.5, 0.6) is 5.75 Å². The first-order valence-corrected chi connectivity index (χ1v) is 12.5. The monoisotopic (exact) mass is 494 g/mol. The van der Waals surface area contributed by atoms with Crippen molar-refractivity contribution in [3.05, 3.63) is 78.4 Å². The predicted octanol–water partition coefficient (Wildman–Crippen LogP) is 2.88. The highest BCUT2D eigenvalue weighted by Crippen LogP contribution is 2.33. The maximum Gasteiger partial charge on any atom is 0.247 e. The van der Waals surface area contributed by atoms with Crippen molar-refractivity contribution in [2.45, 2.75) is 24.3 Å². The first-order chi connectivity index (χ1) is 16.7. The number of nitrogens with two attached hydrogens (primary N) is 1. The molecule has 1 heterocycles. The van der Waals surface area contributed by atoms with Crippen LogP contribution >= 0.6 is 0 Å². The highest BCUT2D eigenvalue weighted by atomic mass is 32.2. The maximum absolute atomic E-state index is 12.9. The molecule has 0 unspecified atom stereocenters. The van der Waals surface area contributed by atoms with Gasteiger partial charge in [-0.2, -0.15) is 0 Å². The minimum Gasteiger partial charge on any atom is -0.492 e. The van der Waals surface area contributed by atoms with Crippen molar-refractivity contribution in [3.63, 3.8) is 0 Å². The topological polar surface area (TPSA) is 131 Å². The number of primary sulfonamides is 1. The van der Waals surface area contributed by atoms with Gasteiger partial charge in [0.15, 0.2) is 0 Å². The Morgan fingerprint density at radius 3 is 2.46 bits per heavy atom. The van der Waals surface area contributed by atoms with Gasteiger partial charge in [0.1, 0.15) is 18.4 Å². The third-order valence-electron chi connectivity index (χ3n) is 5.70. The van der Waals surface area contributed by atoms with E-state index in [9.17, 15) is 18.0 Å². The van der Waals surface area contributed by atoms with Crippen LogP contribution in [0.15, 0.2) is 77.7 Å². The van der Waals surface area contributed by atoms with E-state index in [4.69, 9.17) is 9.88 Å². The molecular formula is C25H26N4O5S. The predicted molar refractivity (Wildman–Crippen MR) is 134 cm³/mol. The molecule has 2 amide bonds. The molecule has 0 saturated carbocycles. The van der Waals surface area contributed by atoms with Crippen LogP contribution < -0.4 is 25.4 Å². The second kappa shape index (κ2) is 10.2. The van der Waals surface area contributed by atoms with Gasteiger partial charge in [-0.25, -0.2) is 13.6 Å². The van der Waals surface area contributed by atoms with Crippen molar-refractivity contribution in [1.29, 1.82) is 0 Å². The van der Waals surface area contributed by atoms with Gasteiger partial charge in [0.05, 0.1) is 29.2 Å². The van der Waals surface area contributed by atoms with E-state index in [1.807, 2.05) is 54.3 Å². The molecule has 182 valence electrons. The SMILES string of the molecule is Cc1ccccc1NC(=O)C[C@H]1C(=O)Nc2ccccc2N1CCOc1ccc(S(N)(=O)=O)cc1. The molecule has 0 aromatic heterocycles. The van der Waals surface area contributed by atoms with E-state index in [2.05, 4.69) is 10.6 Å². The third kappa shape index (κ3) is 5.79. The van der Waals surface area contributed by atoms with Gasteiger partial charge < -0.3 is 20.3 Å². The number of amides is 2. The molecule has 35 heavy (non-hydrogen) atoms. The normalized spacial score (nSPS) is 15.2. The molecule has 1 atom stereocenters. The van der Waals surface area contributed by atoms with E-state index < -0.39 is 16.1 Å². The number of para-hydroxylation sites is 3. The van der Waals surface area contributed by atoms with E-state index in [1.54, 1.807) is 6.07 Å². The molecule has 0 fully saturated rings. The van der Waals surface area contributed by atoms with Crippen LogP contribution in [-0.2, 0) is 19.6 Å². The Labute approximate surface area is 203 Å². The fourth-order valence-electron chi connectivity index (χ4n) is 3.91. The highest BCUT2D eigenvalue weighted by molar-refractivity contribution is 7.89. The summed E-state index contributed by atoms with van der Waals surface area (Å²) in [5.41, 5.74) is 3.07. The van der Waals surface area contributed by atoms with Gasteiger partial charge in [-0.3, -0.25) is 9.59 Å². The van der Waals surface area contributed by atoms with Gasteiger partial charge in [-0.15, -0.1) is 0 Å². The lowest BCUT2D eigenvalue weighted by Gasteiger charge is -2.37. The molecule has 1 aliphatic heterocycles. The molecule has 10 heteroatoms. The number of fused-ring (bicyclic) bond motifs is 1. The van der Waals surface area contributed by atoms with E-state index in [1.165, 1.54) is 24.3 Å². The Kier molecular flexibility index (Phi) is 7.04. The zero-order valence-electron chi connectivity index (χ0n) is 19.1. The molecule has 0 saturated heterocycles. The molecule has 0 bridgehead atoms. The number of nitrogens with one attached hydrogen (secondary N) is 2. The van der Waals surface area contributed by atoms with E-state index >= 15 is 0 Å². The second-order valence-electron chi connectivity index (χ2n) is 8.15. The minimum atomic E-state index is -3.79. The lowest BCUT2D eigenvalue weighted by atomic mass is 10.0. The summed E-state index contributed by atoms with van der Waals surface area (Å²) >= 11 is 0. The number of carbonyl (C=O) groups is 2. The highest BCUT2D eigenvalue weighted by Gasteiger charge is 2.34. The van der Waals surface area contributed by atoms with Crippen LogP contribution in [0.1, 0.15) is 12.0 Å². The molecule has 1 aliphatic rings. The molecule has 4 N–H and O–H groups in total. The fourth-order valence-corrected chi connectivity index (χ4v) is 4.43. The van der Waals surface area contributed by atoms with Crippen molar-refractivity contribution in [3.8, 4) is 5.75 Å². The number of anilines is 3. The van der Waals surface area contributed by atoms with Crippen molar-refractivity contribution in [1.82, 2.24) is 0 Å². The summed E-state index contributed by atoms with van der Waals surface area (Å²) < 4.78 is 28.6. The number of nitrogens with zero attached hydrogens (tertiary/aromatic N) is 1. The number of carbonyl (C=O) groups excluding carboxylic acids is 2. The average molecular weight is 495 g/mol.